The van der Waals surface area contributed by atoms with Crippen molar-refractivity contribution in [3.63, 3.8) is 0 Å². The van der Waals surface area contributed by atoms with Crippen LogP contribution in [0.5, 0.6) is 0 Å². The molecule has 1 N–H and O–H groups in total. The molecule has 2 heterocycles. The SMILES string of the molecule is CC(Cn1ccnc1)NC1=N[C@@H](C(C)C)CS1. The minimum atomic E-state index is 0.376. The largest absolute Gasteiger partial charge is 0.361 e. The Kier molecular flexibility index (Phi) is 4.10. The minimum absolute atomic E-state index is 0.376. The lowest BCUT2D eigenvalue weighted by atomic mass is 10.1. The summed E-state index contributed by atoms with van der Waals surface area (Å²) in [5, 5.41) is 4.56. The molecule has 1 aliphatic heterocycles. The van der Waals surface area contributed by atoms with E-state index in [4.69, 9.17) is 4.99 Å². The molecule has 0 saturated carbocycles. The van der Waals surface area contributed by atoms with E-state index in [1.807, 2.05) is 30.5 Å². The van der Waals surface area contributed by atoms with Crippen molar-refractivity contribution < 1.29 is 0 Å². The standard InChI is InChI=1S/C12H20N4S/c1-9(2)11-7-17-12(15-11)14-10(3)6-16-5-4-13-8-16/h4-5,8-11H,6-7H2,1-3H3,(H,14,15)/t10?,11-/m1/s1. The van der Waals surface area contributed by atoms with Gasteiger partial charge in [0.2, 0.25) is 0 Å². The summed E-state index contributed by atoms with van der Waals surface area (Å²) in [4.78, 5) is 8.74. The second-order valence-corrected chi connectivity index (χ2v) is 5.87. The summed E-state index contributed by atoms with van der Waals surface area (Å²) in [7, 11) is 0. The van der Waals surface area contributed by atoms with Crippen molar-refractivity contribution in [3.05, 3.63) is 18.7 Å². The van der Waals surface area contributed by atoms with Crippen LogP contribution in [0.1, 0.15) is 20.8 Å². The van der Waals surface area contributed by atoms with Crippen LogP contribution in [0.3, 0.4) is 0 Å². The number of thioether (sulfide) groups is 1. The summed E-state index contributed by atoms with van der Waals surface area (Å²) in [6, 6.07) is 0.851. The molecule has 94 valence electrons. The zero-order valence-corrected chi connectivity index (χ0v) is 11.4. The summed E-state index contributed by atoms with van der Waals surface area (Å²) in [5.74, 6) is 1.74. The molecular weight excluding hydrogens is 232 g/mol. The van der Waals surface area contributed by atoms with E-state index in [1.54, 1.807) is 0 Å². The second-order valence-electron chi connectivity index (χ2n) is 4.86. The van der Waals surface area contributed by atoms with Gasteiger partial charge in [0.15, 0.2) is 5.17 Å². The van der Waals surface area contributed by atoms with Crippen molar-refractivity contribution in [2.24, 2.45) is 10.9 Å². The molecule has 0 bridgehead atoms. The Morgan fingerprint density at radius 2 is 2.35 bits per heavy atom. The highest BCUT2D eigenvalue weighted by molar-refractivity contribution is 8.14. The summed E-state index contributed by atoms with van der Waals surface area (Å²) >= 11 is 1.83. The van der Waals surface area contributed by atoms with Crippen molar-refractivity contribution in [3.8, 4) is 0 Å². The molecule has 4 nitrogen and oxygen atoms in total. The van der Waals surface area contributed by atoms with Gasteiger partial charge in [-0.15, -0.1) is 0 Å². The molecule has 1 unspecified atom stereocenters. The van der Waals surface area contributed by atoms with Gasteiger partial charge in [0.05, 0.1) is 12.4 Å². The highest BCUT2D eigenvalue weighted by Gasteiger charge is 2.21. The predicted molar refractivity (Wildman–Crippen MR) is 73.3 cm³/mol. The minimum Gasteiger partial charge on any atom is -0.361 e. The van der Waals surface area contributed by atoms with Crippen LogP contribution in [0.25, 0.3) is 0 Å². The molecule has 1 aliphatic rings. The maximum atomic E-state index is 4.70. The maximum absolute atomic E-state index is 4.70. The third-order valence-corrected chi connectivity index (χ3v) is 3.86. The number of aliphatic imine (C=N–C) groups is 1. The lowest BCUT2D eigenvalue weighted by Gasteiger charge is -2.14. The number of amidine groups is 1. The molecule has 0 aromatic carbocycles. The van der Waals surface area contributed by atoms with Crippen LogP contribution in [0.15, 0.2) is 23.7 Å². The average molecular weight is 252 g/mol. The van der Waals surface area contributed by atoms with Gasteiger partial charge in [-0.1, -0.05) is 25.6 Å². The molecule has 0 spiro atoms. The van der Waals surface area contributed by atoms with Gasteiger partial charge >= 0.3 is 0 Å². The fraction of sp³-hybridized carbons (Fsp3) is 0.667. The van der Waals surface area contributed by atoms with E-state index in [0.717, 1.165) is 17.5 Å². The first-order valence-electron chi connectivity index (χ1n) is 6.08. The second kappa shape index (κ2) is 5.58. The molecular formula is C12H20N4S. The highest BCUT2D eigenvalue weighted by atomic mass is 32.2. The van der Waals surface area contributed by atoms with E-state index >= 15 is 0 Å². The van der Waals surface area contributed by atoms with Crippen molar-refractivity contribution in [1.82, 2.24) is 14.9 Å². The number of nitrogens with one attached hydrogen (secondary N) is 1. The quantitative estimate of drug-likeness (QED) is 0.891. The van der Waals surface area contributed by atoms with Crippen molar-refractivity contribution in [2.75, 3.05) is 5.75 Å². The number of hydrogen-bond acceptors (Lipinski definition) is 4. The van der Waals surface area contributed by atoms with Crippen molar-refractivity contribution in [1.29, 1.82) is 0 Å². The third kappa shape index (κ3) is 3.49. The van der Waals surface area contributed by atoms with Gasteiger partial charge in [0.1, 0.15) is 0 Å². The molecule has 1 aromatic rings. The van der Waals surface area contributed by atoms with Crippen LogP contribution in [-0.2, 0) is 6.54 Å². The van der Waals surface area contributed by atoms with Gasteiger partial charge in [0.25, 0.3) is 0 Å². The molecule has 0 radical (unpaired) electrons. The summed E-state index contributed by atoms with van der Waals surface area (Å²) in [5.41, 5.74) is 0. The Balaban J connectivity index is 1.83. The monoisotopic (exact) mass is 252 g/mol. The van der Waals surface area contributed by atoms with E-state index in [0.29, 0.717) is 18.0 Å². The Bertz CT molecular complexity index is 372. The summed E-state index contributed by atoms with van der Waals surface area (Å²) in [6.45, 7) is 7.55. The normalized spacial score (nSPS) is 21.6. The molecule has 5 heteroatoms. The third-order valence-electron chi connectivity index (χ3n) is 2.86. The number of aromatic nitrogens is 2. The number of hydrogen-bond donors (Lipinski definition) is 1. The van der Waals surface area contributed by atoms with Crippen LogP contribution >= 0.6 is 11.8 Å². The first kappa shape index (κ1) is 12.5. The molecule has 1 aromatic heterocycles. The van der Waals surface area contributed by atoms with Gasteiger partial charge in [-0.2, -0.15) is 0 Å². The Morgan fingerprint density at radius 1 is 1.53 bits per heavy atom. The zero-order valence-electron chi connectivity index (χ0n) is 10.6. The Morgan fingerprint density at radius 3 is 2.94 bits per heavy atom. The molecule has 2 rings (SSSR count). The molecule has 0 saturated heterocycles. The fourth-order valence-corrected chi connectivity index (χ4v) is 3.06. The molecule has 17 heavy (non-hydrogen) atoms. The molecule has 2 atom stereocenters. The first-order valence-corrected chi connectivity index (χ1v) is 7.06. The smallest absolute Gasteiger partial charge is 0.157 e. The Hall–Kier alpha value is -0.970. The zero-order chi connectivity index (χ0) is 12.3. The average Bonchev–Trinajstić information content (AvgIpc) is 2.88. The number of rotatable bonds is 4. The fourth-order valence-electron chi connectivity index (χ4n) is 1.78. The van der Waals surface area contributed by atoms with Crippen LogP contribution in [0.2, 0.25) is 0 Å². The van der Waals surface area contributed by atoms with Crippen LogP contribution in [0.4, 0.5) is 0 Å². The van der Waals surface area contributed by atoms with Crippen LogP contribution in [0, 0.1) is 5.92 Å². The molecule has 0 aliphatic carbocycles. The van der Waals surface area contributed by atoms with E-state index in [9.17, 15) is 0 Å². The van der Waals surface area contributed by atoms with E-state index in [1.165, 1.54) is 0 Å². The topological polar surface area (TPSA) is 42.2 Å². The van der Waals surface area contributed by atoms with E-state index < -0.39 is 0 Å². The Labute approximate surface area is 107 Å². The van der Waals surface area contributed by atoms with E-state index in [-0.39, 0.29) is 0 Å². The van der Waals surface area contributed by atoms with Gasteiger partial charge < -0.3 is 9.88 Å². The predicted octanol–water partition coefficient (Wildman–Crippen LogP) is 1.99. The number of imidazole rings is 1. The lowest BCUT2D eigenvalue weighted by molar-refractivity contribution is 0.531. The summed E-state index contributed by atoms with van der Waals surface area (Å²) < 4.78 is 2.08. The van der Waals surface area contributed by atoms with Gasteiger partial charge in [0, 0.05) is 30.7 Å². The molecule has 0 fully saturated rings. The summed E-state index contributed by atoms with van der Waals surface area (Å²) in [6.07, 6.45) is 5.64. The van der Waals surface area contributed by atoms with Crippen molar-refractivity contribution >= 4 is 16.9 Å². The highest BCUT2D eigenvalue weighted by Crippen LogP contribution is 2.22. The van der Waals surface area contributed by atoms with E-state index in [2.05, 4.69) is 35.6 Å². The van der Waals surface area contributed by atoms with Crippen LogP contribution in [-0.4, -0.2) is 32.6 Å². The maximum Gasteiger partial charge on any atom is 0.157 e. The molecule has 0 amide bonds. The van der Waals surface area contributed by atoms with Gasteiger partial charge in [-0.05, 0) is 12.8 Å². The lowest BCUT2D eigenvalue weighted by Crippen LogP contribution is -2.33. The van der Waals surface area contributed by atoms with Gasteiger partial charge in [-0.3, -0.25) is 4.99 Å². The number of nitrogens with zero attached hydrogens (tertiary/aromatic N) is 3. The van der Waals surface area contributed by atoms with Crippen LogP contribution < -0.4 is 5.32 Å². The van der Waals surface area contributed by atoms with Gasteiger partial charge in [-0.25, -0.2) is 4.98 Å². The van der Waals surface area contributed by atoms with Crippen molar-refractivity contribution in [2.45, 2.75) is 39.4 Å². The first-order chi connectivity index (χ1) is 8.15.